The molecule has 0 spiro atoms. The van der Waals surface area contributed by atoms with Crippen molar-refractivity contribution in [1.82, 2.24) is 4.98 Å². The van der Waals surface area contributed by atoms with Crippen LogP contribution in [0.4, 0.5) is 0 Å². The maximum Gasteiger partial charge on any atom is 0.311 e. The second kappa shape index (κ2) is 3.54. The molecule has 14 heavy (non-hydrogen) atoms. The van der Waals surface area contributed by atoms with Crippen LogP contribution >= 0.6 is 0 Å². The van der Waals surface area contributed by atoms with Crippen LogP contribution in [0, 0.1) is 0 Å². The summed E-state index contributed by atoms with van der Waals surface area (Å²) in [6.07, 6.45) is 2.19. The minimum absolute atomic E-state index is 0.224. The van der Waals surface area contributed by atoms with Crippen LogP contribution in [0.15, 0.2) is 30.5 Å². The summed E-state index contributed by atoms with van der Waals surface area (Å²) in [5.74, 6) is -0.224. The molecule has 1 aromatic carbocycles. The minimum atomic E-state index is -0.224. The fraction of sp³-hybridized carbons (Fsp3) is 0.182. The molecule has 0 bridgehead atoms. The lowest BCUT2D eigenvalue weighted by Gasteiger charge is -1.97. The molecule has 0 amide bonds. The number of H-pyrrole nitrogens is 1. The van der Waals surface area contributed by atoms with Crippen LogP contribution in [0.5, 0.6) is 0 Å². The van der Waals surface area contributed by atoms with E-state index in [0.29, 0.717) is 6.42 Å². The van der Waals surface area contributed by atoms with Crippen LogP contribution in [0.3, 0.4) is 0 Å². The first-order valence-electron chi connectivity index (χ1n) is 4.43. The Hall–Kier alpha value is -1.77. The van der Waals surface area contributed by atoms with Crippen molar-refractivity contribution < 1.29 is 9.53 Å². The molecule has 3 heteroatoms. The summed E-state index contributed by atoms with van der Waals surface area (Å²) in [7, 11) is 1.40. The van der Waals surface area contributed by atoms with Gasteiger partial charge in [-0.3, -0.25) is 4.79 Å². The van der Waals surface area contributed by atoms with Crippen molar-refractivity contribution in [2.45, 2.75) is 6.42 Å². The maximum absolute atomic E-state index is 11.1. The number of fused-ring (bicyclic) bond motifs is 1. The van der Waals surface area contributed by atoms with Gasteiger partial charge in [-0.05, 0) is 5.39 Å². The predicted octanol–water partition coefficient (Wildman–Crippen LogP) is 1.88. The summed E-state index contributed by atoms with van der Waals surface area (Å²) in [6, 6.07) is 7.92. The topological polar surface area (TPSA) is 42.1 Å². The van der Waals surface area contributed by atoms with Crippen molar-refractivity contribution in [1.29, 1.82) is 0 Å². The van der Waals surface area contributed by atoms with E-state index in [-0.39, 0.29) is 5.97 Å². The third-order valence-electron chi connectivity index (χ3n) is 2.24. The molecule has 0 unspecified atom stereocenters. The molecule has 0 saturated carbocycles. The molecule has 0 radical (unpaired) electrons. The lowest BCUT2D eigenvalue weighted by atomic mass is 10.1. The SMILES string of the molecule is COC(=O)Cc1[nH]cc2ccccc12. The van der Waals surface area contributed by atoms with E-state index in [2.05, 4.69) is 9.72 Å². The highest BCUT2D eigenvalue weighted by molar-refractivity contribution is 5.88. The standard InChI is InChI=1S/C11H11NO2/c1-14-11(13)6-10-9-5-3-2-4-8(9)7-12-10/h2-5,7,12H,6H2,1H3. The maximum atomic E-state index is 11.1. The second-order valence-electron chi connectivity index (χ2n) is 3.11. The Balaban J connectivity index is 2.38. The Bertz CT molecular complexity index is 459. The average Bonchev–Trinajstić information content (AvgIpc) is 2.62. The number of methoxy groups -OCH3 is 1. The van der Waals surface area contributed by atoms with E-state index >= 15 is 0 Å². The van der Waals surface area contributed by atoms with Gasteiger partial charge in [-0.25, -0.2) is 0 Å². The Labute approximate surface area is 81.7 Å². The zero-order valence-electron chi connectivity index (χ0n) is 7.91. The molecule has 0 saturated heterocycles. The van der Waals surface area contributed by atoms with Crippen LogP contribution < -0.4 is 0 Å². The van der Waals surface area contributed by atoms with E-state index in [0.717, 1.165) is 16.5 Å². The molecule has 2 aromatic rings. The van der Waals surface area contributed by atoms with Gasteiger partial charge in [0.25, 0.3) is 0 Å². The van der Waals surface area contributed by atoms with Crippen molar-refractivity contribution >= 4 is 16.7 Å². The molecular formula is C11H11NO2. The van der Waals surface area contributed by atoms with Crippen LogP contribution in [0.1, 0.15) is 5.69 Å². The number of carbonyl (C=O) groups is 1. The van der Waals surface area contributed by atoms with E-state index in [4.69, 9.17) is 0 Å². The van der Waals surface area contributed by atoms with Gasteiger partial charge in [0.2, 0.25) is 0 Å². The molecule has 3 nitrogen and oxygen atoms in total. The summed E-state index contributed by atoms with van der Waals surface area (Å²) < 4.78 is 4.61. The highest BCUT2D eigenvalue weighted by Gasteiger charge is 2.07. The number of aromatic amines is 1. The molecule has 0 aliphatic heterocycles. The number of hydrogen-bond acceptors (Lipinski definition) is 2. The second-order valence-corrected chi connectivity index (χ2v) is 3.11. The molecular weight excluding hydrogens is 178 g/mol. The Kier molecular flexibility index (Phi) is 2.23. The molecule has 0 aliphatic rings. The number of benzene rings is 1. The quantitative estimate of drug-likeness (QED) is 0.733. The monoisotopic (exact) mass is 189 g/mol. The van der Waals surface area contributed by atoms with E-state index < -0.39 is 0 Å². The predicted molar refractivity (Wildman–Crippen MR) is 54.0 cm³/mol. The highest BCUT2D eigenvalue weighted by Crippen LogP contribution is 2.18. The van der Waals surface area contributed by atoms with Gasteiger partial charge >= 0.3 is 5.97 Å². The summed E-state index contributed by atoms with van der Waals surface area (Å²) >= 11 is 0. The third-order valence-corrected chi connectivity index (χ3v) is 2.24. The number of ether oxygens (including phenoxy) is 1. The number of rotatable bonds is 2. The summed E-state index contributed by atoms with van der Waals surface area (Å²) in [6.45, 7) is 0. The van der Waals surface area contributed by atoms with Gasteiger partial charge in [-0.15, -0.1) is 0 Å². The largest absolute Gasteiger partial charge is 0.469 e. The van der Waals surface area contributed by atoms with Gasteiger partial charge in [0.1, 0.15) is 0 Å². The molecule has 1 N–H and O–H groups in total. The Morgan fingerprint density at radius 2 is 2.21 bits per heavy atom. The van der Waals surface area contributed by atoms with Crippen molar-refractivity contribution in [2.75, 3.05) is 7.11 Å². The first-order valence-corrected chi connectivity index (χ1v) is 4.43. The summed E-state index contributed by atoms with van der Waals surface area (Å²) in [5.41, 5.74) is 0.910. The molecule has 2 rings (SSSR count). The van der Waals surface area contributed by atoms with E-state index in [9.17, 15) is 4.79 Å². The first kappa shape index (κ1) is 8.81. The fourth-order valence-corrected chi connectivity index (χ4v) is 1.50. The molecule has 0 aliphatic carbocycles. The van der Waals surface area contributed by atoms with Crippen LogP contribution in [0.25, 0.3) is 10.8 Å². The zero-order valence-corrected chi connectivity index (χ0v) is 7.91. The number of esters is 1. The van der Waals surface area contributed by atoms with Crippen molar-refractivity contribution in [3.63, 3.8) is 0 Å². The van der Waals surface area contributed by atoms with Gasteiger partial charge < -0.3 is 9.72 Å². The summed E-state index contributed by atoms with van der Waals surface area (Å²) in [4.78, 5) is 14.2. The van der Waals surface area contributed by atoms with Crippen LogP contribution in [-0.2, 0) is 16.0 Å². The zero-order chi connectivity index (χ0) is 9.97. The summed E-state index contributed by atoms with van der Waals surface area (Å²) in [5, 5.41) is 2.20. The lowest BCUT2D eigenvalue weighted by Crippen LogP contribution is -2.04. The van der Waals surface area contributed by atoms with Crippen LogP contribution in [0.2, 0.25) is 0 Å². The molecule has 72 valence electrons. The number of nitrogens with one attached hydrogen (secondary N) is 1. The average molecular weight is 189 g/mol. The van der Waals surface area contributed by atoms with Gasteiger partial charge in [0, 0.05) is 17.3 Å². The van der Waals surface area contributed by atoms with Crippen LogP contribution in [-0.4, -0.2) is 18.1 Å². The van der Waals surface area contributed by atoms with Crippen molar-refractivity contribution in [3.8, 4) is 0 Å². The van der Waals surface area contributed by atoms with Crippen molar-refractivity contribution in [2.24, 2.45) is 0 Å². The van der Waals surface area contributed by atoms with Crippen molar-refractivity contribution in [3.05, 3.63) is 36.2 Å². The Morgan fingerprint density at radius 1 is 1.43 bits per heavy atom. The smallest absolute Gasteiger partial charge is 0.311 e. The van der Waals surface area contributed by atoms with E-state index in [1.165, 1.54) is 7.11 Å². The van der Waals surface area contributed by atoms with E-state index in [1.54, 1.807) is 0 Å². The molecule has 1 heterocycles. The number of hydrogen-bond donors (Lipinski definition) is 1. The van der Waals surface area contributed by atoms with Gasteiger partial charge in [0.05, 0.1) is 13.5 Å². The molecule has 0 fully saturated rings. The van der Waals surface area contributed by atoms with E-state index in [1.807, 2.05) is 30.5 Å². The lowest BCUT2D eigenvalue weighted by molar-refractivity contribution is -0.139. The normalized spacial score (nSPS) is 10.4. The first-order chi connectivity index (χ1) is 6.81. The molecule has 1 aromatic heterocycles. The van der Waals surface area contributed by atoms with Gasteiger partial charge in [0.15, 0.2) is 0 Å². The Morgan fingerprint density at radius 3 is 3.00 bits per heavy atom. The van der Waals surface area contributed by atoms with Gasteiger partial charge in [-0.1, -0.05) is 24.3 Å². The number of carbonyl (C=O) groups excluding carboxylic acids is 1. The minimum Gasteiger partial charge on any atom is -0.469 e. The van der Waals surface area contributed by atoms with Gasteiger partial charge in [-0.2, -0.15) is 0 Å². The highest BCUT2D eigenvalue weighted by atomic mass is 16.5. The number of aromatic nitrogens is 1. The third kappa shape index (κ3) is 1.48. The molecule has 0 atom stereocenters. The fourth-order valence-electron chi connectivity index (χ4n) is 1.50.